The van der Waals surface area contributed by atoms with Gasteiger partial charge < -0.3 is 9.88 Å². The minimum atomic E-state index is -3.80. The van der Waals surface area contributed by atoms with Gasteiger partial charge in [0.25, 0.3) is 0 Å². The molecule has 6 nitrogen and oxygen atoms in total. The molecule has 1 atom stereocenters. The van der Waals surface area contributed by atoms with Crippen molar-refractivity contribution in [3.8, 4) is 0 Å². The van der Waals surface area contributed by atoms with Gasteiger partial charge in [0.15, 0.2) is 0 Å². The molecule has 0 aliphatic carbocycles. The number of carbonyl (C=O) groups is 1. The summed E-state index contributed by atoms with van der Waals surface area (Å²) in [5.41, 5.74) is 2.04. The van der Waals surface area contributed by atoms with E-state index in [0.717, 1.165) is 11.1 Å². The van der Waals surface area contributed by atoms with E-state index < -0.39 is 21.0 Å². The zero-order chi connectivity index (χ0) is 16.3. The van der Waals surface area contributed by atoms with Crippen LogP contribution in [0.4, 0.5) is 0 Å². The lowest BCUT2D eigenvalue weighted by atomic mass is 10.1. The molecule has 0 bridgehead atoms. The molecule has 2 aromatic rings. The van der Waals surface area contributed by atoms with Gasteiger partial charge in [-0.05, 0) is 19.4 Å². The molecule has 0 fully saturated rings. The van der Waals surface area contributed by atoms with Gasteiger partial charge in [-0.1, -0.05) is 29.8 Å². The number of aromatic nitrogens is 2. The average Bonchev–Trinajstić information content (AvgIpc) is 2.92. The van der Waals surface area contributed by atoms with Crippen LogP contribution in [0.15, 0.2) is 41.8 Å². The van der Waals surface area contributed by atoms with Gasteiger partial charge in [-0.15, -0.1) is 0 Å². The van der Waals surface area contributed by atoms with Crippen LogP contribution in [-0.2, 0) is 28.2 Å². The van der Waals surface area contributed by atoms with Crippen LogP contribution in [0, 0.1) is 6.92 Å². The number of benzene rings is 1. The number of hydrogen-bond donors (Lipinski definition) is 1. The number of carbonyl (C=O) groups excluding carboxylic acids is 1. The molecule has 1 N–H and O–H groups in total. The van der Waals surface area contributed by atoms with E-state index in [-0.39, 0.29) is 5.16 Å². The van der Waals surface area contributed by atoms with Crippen molar-refractivity contribution in [1.29, 1.82) is 0 Å². The molecule has 0 saturated carbocycles. The fraction of sp³-hybridized carbons (Fsp3) is 0.333. The normalized spacial score (nSPS) is 12.9. The summed E-state index contributed by atoms with van der Waals surface area (Å²) in [6.07, 6.45) is 2.92. The molecule has 1 aromatic carbocycles. The highest BCUT2D eigenvalue weighted by atomic mass is 32.2. The van der Waals surface area contributed by atoms with Gasteiger partial charge in [0, 0.05) is 26.0 Å². The monoisotopic (exact) mass is 321 g/mol. The minimum absolute atomic E-state index is 0.106. The van der Waals surface area contributed by atoms with Crippen molar-refractivity contribution >= 4 is 15.7 Å². The number of amides is 1. The van der Waals surface area contributed by atoms with Crippen LogP contribution in [-0.4, -0.2) is 29.1 Å². The first-order chi connectivity index (χ1) is 10.3. The largest absolute Gasteiger partial charge is 0.351 e. The Morgan fingerprint density at radius 3 is 2.50 bits per heavy atom. The van der Waals surface area contributed by atoms with Crippen molar-refractivity contribution in [2.45, 2.75) is 30.8 Å². The third-order valence-corrected chi connectivity index (χ3v) is 5.50. The van der Waals surface area contributed by atoms with E-state index in [9.17, 15) is 13.2 Å². The Bertz CT molecular complexity index is 764. The molecule has 118 valence electrons. The molecule has 1 unspecified atom stereocenters. The lowest BCUT2D eigenvalue weighted by Gasteiger charge is -2.13. The molecule has 2 rings (SSSR count). The molecule has 0 radical (unpaired) electrons. The Morgan fingerprint density at radius 1 is 1.32 bits per heavy atom. The zero-order valence-electron chi connectivity index (χ0n) is 12.8. The van der Waals surface area contributed by atoms with Crippen molar-refractivity contribution in [2.75, 3.05) is 0 Å². The van der Waals surface area contributed by atoms with Gasteiger partial charge in [0.2, 0.25) is 20.9 Å². The summed E-state index contributed by atoms with van der Waals surface area (Å²) in [7, 11) is -2.22. The molecule has 0 spiro atoms. The summed E-state index contributed by atoms with van der Waals surface area (Å²) in [4.78, 5) is 15.9. The highest BCUT2D eigenvalue weighted by molar-refractivity contribution is 7.92. The van der Waals surface area contributed by atoms with Gasteiger partial charge in [0.05, 0.1) is 0 Å². The molecule has 1 heterocycles. The maximum Gasteiger partial charge on any atom is 0.238 e. The van der Waals surface area contributed by atoms with Crippen molar-refractivity contribution in [1.82, 2.24) is 14.9 Å². The Hall–Kier alpha value is -2.15. The van der Waals surface area contributed by atoms with Crippen molar-refractivity contribution < 1.29 is 13.2 Å². The molecule has 1 aromatic heterocycles. The second-order valence-corrected chi connectivity index (χ2v) is 7.37. The van der Waals surface area contributed by atoms with Crippen LogP contribution in [0.25, 0.3) is 0 Å². The second kappa shape index (κ2) is 6.31. The van der Waals surface area contributed by atoms with Crippen molar-refractivity contribution in [3.05, 3.63) is 47.8 Å². The SMILES string of the molecule is Cc1ccc(CNC(=O)C(C)S(=O)(=O)c2nccn2C)cc1. The van der Waals surface area contributed by atoms with Gasteiger partial charge in [0.1, 0.15) is 5.25 Å². The summed E-state index contributed by atoms with van der Waals surface area (Å²) in [6.45, 7) is 3.64. The lowest BCUT2D eigenvalue weighted by Crippen LogP contribution is -2.38. The summed E-state index contributed by atoms with van der Waals surface area (Å²) < 4.78 is 26.1. The first-order valence-corrected chi connectivity index (χ1v) is 8.41. The Morgan fingerprint density at radius 2 is 1.95 bits per heavy atom. The summed E-state index contributed by atoms with van der Waals surface area (Å²) >= 11 is 0. The number of imidazole rings is 1. The maximum atomic E-state index is 12.4. The topological polar surface area (TPSA) is 81.1 Å². The number of hydrogen-bond acceptors (Lipinski definition) is 4. The Labute approximate surface area is 130 Å². The third-order valence-electron chi connectivity index (χ3n) is 3.45. The van der Waals surface area contributed by atoms with Gasteiger partial charge in [-0.25, -0.2) is 13.4 Å². The van der Waals surface area contributed by atoms with E-state index in [2.05, 4.69) is 10.3 Å². The lowest BCUT2D eigenvalue weighted by molar-refractivity contribution is -0.120. The van der Waals surface area contributed by atoms with Gasteiger partial charge >= 0.3 is 0 Å². The number of nitrogens with zero attached hydrogens (tertiary/aromatic N) is 2. The fourth-order valence-electron chi connectivity index (χ4n) is 1.96. The Balaban J connectivity index is 2.06. The zero-order valence-corrected chi connectivity index (χ0v) is 13.6. The molecule has 7 heteroatoms. The van der Waals surface area contributed by atoms with Crippen LogP contribution in [0.1, 0.15) is 18.1 Å². The van der Waals surface area contributed by atoms with Gasteiger partial charge in [-0.2, -0.15) is 0 Å². The van der Waals surface area contributed by atoms with E-state index in [0.29, 0.717) is 6.54 Å². The van der Waals surface area contributed by atoms with E-state index in [1.165, 1.54) is 23.9 Å². The molecular formula is C15H19N3O3S. The first-order valence-electron chi connectivity index (χ1n) is 6.87. The van der Waals surface area contributed by atoms with Crippen LogP contribution >= 0.6 is 0 Å². The minimum Gasteiger partial charge on any atom is -0.351 e. The summed E-state index contributed by atoms with van der Waals surface area (Å²) in [5, 5.41) is 1.35. The Kier molecular flexibility index (Phi) is 4.65. The fourth-order valence-corrected chi connectivity index (χ4v) is 3.32. The van der Waals surface area contributed by atoms with Crippen LogP contribution < -0.4 is 5.32 Å². The van der Waals surface area contributed by atoms with Crippen molar-refractivity contribution in [2.24, 2.45) is 7.05 Å². The summed E-state index contributed by atoms with van der Waals surface area (Å²) in [5.74, 6) is -0.538. The van der Waals surface area contributed by atoms with E-state index in [1.807, 2.05) is 31.2 Å². The van der Waals surface area contributed by atoms with Crippen LogP contribution in [0.5, 0.6) is 0 Å². The number of rotatable bonds is 5. The molecule has 0 saturated heterocycles. The van der Waals surface area contributed by atoms with Crippen molar-refractivity contribution in [3.63, 3.8) is 0 Å². The predicted molar refractivity (Wildman–Crippen MR) is 82.9 cm³/mol. The predicted octanol–water partition coefficient (Wildman–Crippen LogP) is 1.21. The molecule has 0 aliphatic heterocycles. The van der Waals surface area contributed by atoms with Crippen LogP contribution in [0.3, 0.4) is 0 Å². The smallest absolute Gasteiger partial charge is 0.238 e. The third kappa shape index (κ3) is 3.36. The van der Waals surface area contributed by atoms with E-state index >= 15 is 0 Å². The van der Waals surface area contributed by atoms with E-state index in [4.69, 9.17) is 0 Å². The number of nitrogens with one attached hydrogen (secondary N) is 1. The highest BCUT2D eigenvalue weighted by Crippen LogP contribution is 2.13. The average molecular weight is 321 g/mol. The number of aryl methyl sites for hydroxylation is 2. The quantitative estimate of drug-likeness (QED) is 0.897. The molecule has 0 aliphatic rings. The standard InChI is InChI=1S/C15H19N3O3S/c1-11-4-6-13(7-5-11)10-17-14(19)12(2)22(20,21)15-16-8-9-18(15)3/h4-9,12H,10H2,1-3H3,(H,17,19). The van der Waals surface area contributed by atoms with Crippen LogP contribution in [0.2, 0.25) is 0 Å². The first kappa shape index (κ1) is 16.2. The molecule has 1 amide bonds. The molecular weight excluding hydrogens is 302 g/mol. The number of sulfone groups is 1. The van der Waals surface area contributed by atoms with E-state index in [1.54, 1.807) is 7.05 Å². The summed E-state index contributed by atoms with van der Waals surface area (Å²) in [6, 6.07) is 7.67. The highest BCUT2D eigenvalue weighted by Gasteiger charge is 2.32. The second-order valence-electron chi connectivity index (χ2n) is 5.21. The van der Waals surface area contributed by atoms with Gasteiger partial charge in [-0.3, -0.25) is 4.79 Å². The maximum absolute atomic E-state index is 12.4. The molecule has 22 heavy (non-hydrogen) atoms.